The normalized spacial score (nSPS) is 10.7. The summed E-state index contributed by atoms with van der Waals surface area (Å²) in [5.74, 6) is -2.04. The number of carboxylic acids is 1. The van der Waals surface area contributed by atoms with Crippen LogP contribution in [-0.4, -0.2) is 28.5 Å². The van der Waals surface area contributed by atoms with Crippen LogP contribution >= 0.6 is 0 Å². The lowest BCUT2D eigenvalue weighted by Crippen LogP contribution is -2.28. The van der Waals surface area contributed by atoms with E-state index in [1.807, 2.05) is 0 Å². The van der Waals surface area contributed by atoms with E-state index in [1.165, 1.54) is 13.8 Å². The van der Waals surface area contributed by atoms with Gasteiger partial charge in [0.1, 0.15) is 0 Å². The smallest absolute Gasteiger partial charge is 0.305 e. The van der Waals surface area contributed by atoms with Crippen LogP contribution in [-0.2, 0) is 9.53 Å². The lowest BCUT2D eigenvalue weighted by molar-refractivity contribution is -0.151. The van der Waals surface area contributed by atoms with E-state index in [1.54, 1.807) is 0 Å². The van der Waals surface area contributed by atoms with E-state index < -0.39 is 11.8 Å². The third-order valence-electron chi connectivity index (χ3n) is 1.03. The highest BCUT2D eigenvalue weighted by atomic mass is 16.6. The number of aliphatic carboxylic acids is 1. The topological polar surface area (TPSA) is 78.8 Å². The van der Waals surface area contributed by atoms with Crippen molar-refractivity contribution in [3.8, 4) is 0 Å². The van der Waals surface area contributed by atoms with Gasteiger partial charge in [-0.1, -0.05) is 0 Å². The molecule has 0 aromatic heterocycles. The minimum absolute atomic E-state index is 0.0196. The van der Waals surface area contributed by atoms with Crippen LogP contribution in [0.15, 0.2) is 12.5 Å². The second kappa shape index (κ2) is 4.71. The van der Waals surface area contributed by atoms with Gasteiger partial charge in [-0.05, 0) is 6.58 Å². The van der Waals surface area contributed by atoms with E-state index in [0.29, 0.717) is 0 Å². The fourth-order valence-corrected chi connectivity index (χ4v) is 0.646. The summed E-state index contributed by atoms with van der Waals surface area (Å²) < 4.78 is 4.88. The molecule has 76 valence electrons. The van der Waals surface area contributed by atoms with Crippen molar-refractivity contribution in [2.75, 3.05) is 6.54 Å². The Bertz CT molecular complexity index is 195. The summed E-state index contributed by atoms with van der Waals surface area (Å²) in [6.07, 6.45) is -0.0196. The Labute approximate surface area is 77.0 Å². The Hall–Kier alpha value is -1.23. The van der Waals surface area contributed by atoms with Gasteiger partial charge in [0.05, 0.1) is 6.42 Å². The van der Waals surface area contributed by atoms with E-state index in [2.05, 4.69) is 11.9 Å². The van der Waals surface area contributed by atoms with Gasteiger partial charge in [-0.25, -0.2) is 0 Å². The third-order valence-corrected chi connectivity index (χ3v) is 1.03. The fourth-order valence-electron chi connectivity index (χ4n) is 0.646. The van der Waals surface area contributed by atoms with E-state index in [-0.39, 0.29) is 18.8 Å². The van der Waals surface area contributed by atoms with Crippen LogP contribution in [0, 0.1) is 0 Å². The molecule has 0 atom stereocenters. The molecule has 3 N–H and O–H groups in total. The first-order valence-electron chi connectivity index (χ1n) is 3.87. The zero-order valence-corrected chi connectivity index (χ0v) is 7.83. The van der Waals surface area contributed by atoms with Crippen molar-refractivity contribution in [3.05, 3.63) is 12.5 Å². The average Bonchev–Trinajstić information content (AvgIpc) is 1.81. The first kappa shape index (κ1) is 11.8. The number of carbonyl (C=O) groups is 1. The zero-order valence-electron chi connectivity index (χ0n) is 7.83. The number of nitrogens with one attached hydrogen (secondary N) is 1. The van der Waals surface area contributed by atoms with Gasteiger partial charge in [0.2, 0.25) is 5.79 Å². The molecule has 0 aromatic rings. The molecule has 0 heterocycles. The van der Waals surface area contributed by atoms with E-state index in [4.69, 9.17) is 14.9 Å². The minimum atomic E-state index is -1.30. The summed E-state index contributed by atoms with van der Waals surface area (Å²) in [4.78, 5) is 10.1. The lowest BCUT2D eigenvalue weighted by atomic mass is 10.4. The molecule has 0 spiro atoms. The predicted molar refractivity (Wildman–Crippen MR) is 46.8 cm³/mol. The van der Waals surface area contributed by atoms with Gasteiger partial charge in [-0.2, -0.15) is 0 Å². The van der Waals surface area contributed by atoms with Crippen LogP contribution in [0.2, 0.25) is 0 Å². The quantitative estimate of drug-likeness (QED) is 0.413. The molecule has 0 aromatic carbocycles. The summed E-state index contributed by atoms with van der Waals surface area (Å²) in [7, 11) is 0. The second-order valence-electron chi connectivity index (χ2n) is 3.04. The summed E-state index contributed by atoms with van der Waals surface area (Å²) in [5.41, 5.74) is 0. The Morgan fingerprint density at radius 1 is 1.62 bits per heavy atom. The fraction of sp³-hybridized carbons (Fsp3) is 0.625. The predicted octanol–water partition coefficient (Wildman–Crippen LogP) is 0.267. The molecule has 0 saturated heterocycles. The maximum Gasteiger partial charge on any atom is 0.305 e. The molecule has 5 nitrogen and oxygen atoms in total. The highest BCUT2D eigenvalue weighted by Crippen LogP contribution is 2.06. The summed E-state index contributed by atoms with van der Waals surface area (Å²) >= 11 is 0. The van der Waals surface area contributed by atoms with E-state index in [0.717, 1.165) is 0 Å². The molecule has 0 unspecified atom stereocenters. The molecule has 0 saturated carbocycles. The Morgan fingerprint density at radius 3 is 2.54 bits per heavy atom. The Kier molecular flexibility index (Phi) is 4.27. The molecule has 13 heavy (non-hydrogen) atoms. The van der Waals surface area contributed by atoms with E-state index >= 15 is 0 Å². The van der Waals surface area contributed by atoms with Crippen molar-refractivity contribution >= 4 is 5.97 Å². The monoisotopic (exact) mass is 189 g/mol. The molecule has 0 aliphatic carbocycles. The molecule has 0 radical (unpaired) electrons. The number of ether oxygens (including phenoxy) is 1. The minimum Gasteiger partial charge on any atom is -0.481 e. The molecule has 0 fully saturated rings. The standard InChI is InChI=1S/C8H15NO4/c1-6(13-8(2,3)12)9-5-4-7(10)11/h9,12H,1,4-5H2,2-3H3,(H,10,11). The molecule has 5 heteroatoms. The molecule has 0 aliphatic rings. The number of rotatable bonds is 6. The lowest BCUT2D eigenvalue weighted by Gasteiger charge is -2.21. The second-order valence-corrected chi connectivity index (χ2v) is 3.04. The van der Waals surface area contributed by atoms with Crippen molar-refractivity contribution in [2.24, 2.45) is 0 Å². The van der Waals surface area contributed by atoms with Gasteiger partial charge in [0.25, 0.3) is 0 Å². The van der Waals surface area contributed by atoms with Crippen molar-refractivity contribution in [2.45, 2.75) is 26.1 Å². The molecular formula is C8H15NO4. The first-order chi connectivity index (χ1) is 5.81. The summed E-state index contributed by atoms with van der Waals surface area (Å²) in [5, 5.41) is 20.1. The van der Waals surface area contributed by atoms with Gasteiger partial charge in [0, 0.05) is 20.4 Å². The van der Waals surface area contributed by atoms with Gasteiger partial charge in [-0.3, -0.25) is 4.79 Å². The highest BCUT2D eigenvalue weighted by molar-refractivity contribution is 5.66. The van der Waals surface area contributed by atoms with Gasteiger partial charge in [-0.15, -0.1) is 0 Å². The van der Waals surface area contributed by atoms with Crippen LogP contribution in [0.1, 0.15) is 20.3 Å². The number of aliphatic hydroxyl groups is 1. The van der Waals surface area contributed by atoms with E-state index in [9.17, 15) is 4.79 Å². The van der Waals surface area contributed by atoms with Gasteiger partial charge < -0.3 is 20.3 Å². The molecular weight excluding hydrogens is 174 g/mol. The molecule has 0 rings (SSSR count). The van der Waals surface area contributed by atoms with Crippen molar-refractivity contribution in [1.82, 2.24) is 5.32 Å². The largest absolute Gasteiger partial charge is 0.481 e. The Balaban J connectivity index is 3.59. The molecule has 0 bridgehead atoms. The summed E-state index contributed by atoms with van der Waals surface area (Å²) in [6, 6.07) is 0. The maximum atomic E-state index is 10.1. The van der Waals surface area contributed by atoms with Crippen LogP contribution in [0.5, 0.6) is 0 Å². The zero-order chi connectivity index (χ0) is 10.5. The van der Waals surface area contributed by atoms with Gasteiger partial charge >= 0.3 is 5.97 Å². The Morgan fingerprint density at radius 2 is 2.15 bits per heavy atom. The van der Waals surface area contributed by atoms with Crippen LogP contribution < -0.4 is 5.32 Å². The first-order valence-corrected chi connectivity index (χ1v) is 3.87. The average molecular weight is 189 g/mol. The maximum absolute atomic E-state index is 10.1. The van der Waals surface area contributed by atoms with Crippen molar-refractivity contribution in [1.29, 1.82) is 0 Å². The number of hydrogen-bond acceptors (Lipinski definition) is 4. The molecule has 0 amide bonds. The summed E-state index contributed by atoms with van der Waals surface area (Å²) in [6.45, 7) is 6.59. The van der Waals surface area contributed by atoms with Crippen molar-refractivity contribution in [3.63, 3.8) is 0 Å². The third kappa shape index (κ3) is 8.68. The number of carboxylic acid groups (broad SMARTS) is 1. The highest BCUT2D eigenvalue weighted by Gasteiger charge is 2.14. The number of hydrogen-bond donors (Lipinski definition) is 3. The van der Waals surface area contributed by atoms with Gasteiger partial charge in [0.15, 0.2) is 5.88 Å². The van der Waals surface area contributed by atoms with Crippen molar-refractivity contribution < 1.29 is 19.7 Å². The van der Waals surface area contributed by atoms with Crippen LogP contribution in [0.4, 0.5) is 0 Å². The SMILES string of the molecule is C=C(NCCC(=O)O)OC(C)(C)O. The van der Waals surface area contributed by atoms with Crippen LogP contribution in [0.3, 0.4) is 0 Å². The van der Waals surface area contributed by atoms with Crippen LogP contribution in [0.25, 0.3) is 0 Å². The molecule has 0 aliphatic heterocycles.